The number of rotatable bonds is 2. The minimum Gasteiger partial charge on any atom is -0.365 e. The Bertz CT molecular complexity index is 1530. The van der Waals surface area contributed by atoms with Crippen LogP contribution >= 0.6 is 0 Å². The van der Waals surface area contributed by atoms with Gasteiger partial charge in [0.25, 0.3) is 5.56 Å². The summed E-state index contributed by atoms with van der Waals surface area (Å²) in [5.41, 5.74) is 5.48. The summed E-state index contributed by atoms with van der Waals surface area (Å²) < 4.78 is 11.5. The Hall–Kier alpha value is -3.38. The number of aryl methyl sites for hydroxylation is 3. The highest BCUT2D eigenvalue weighted by molar-refractivity contribution is 5.97. The fraction of sp³-hybridized carbons (Fsp3) is 0.333. The maximum Gasteiger partial charge on any atom is 0.331 e. The standard InChI is InChI=1S/C27H29N3O3/c1-16-9-7-11-18(13-16)21-20-22(28(5)26(32)29(6)25(20)31)23-24(19-12-8-10-17(2)14-19)33-15-27(3,4)30(21)23/h7-14,24H,15H2,1-6H3. The van der Waals surface area contributed by atoms with Crippen LogP contribution in [0.1, 0.15) is 42.3 Å². The van der Waals surface area contributed by atoms with Gasteiger partial charge in [0.05, 0.1) is 34.4 Å². The summed E-state index contributed by atoms with van der Waals surface area (Å²) in [5, 5.41) is 0.552. The predicted molar refractivity (Wildman–Crippen MR) is 131 cm³/mol. The Balaban J connectivity index is 2.03. The van der Waals surface area contributed by atoms with E-state index in [0.717, 1.165) is 33.6 Å². The molecule has 0 fully saturated rings. The van der Waals surface area contributed by atoms with E-state index in [1.165, 1.54) is 4.57 Å². The number of hydrogen-bond donors (Lipinski definition) is 0. The summed E-state index contributed by atoms with van der Waals surface area (Å²) in [6.07, 6.45) is -0.392. The van der Waals surface area contributed by atoms with Gasteiger partial charge in [-0.1, -0.05) is 53.6 Å². The molecule has 0 N–H and O–H groups in total. The number of aromatic nitrogens is 3. The van der Waals surface area contributed by atoms with Gasteiger partial charge in [0, 0.05) is 14.1 Å². The van der Waals surface area contributed by atoms with Gasteiger partial charge < -0.3 is 9.30 Å². The predicted octanol–water partition coefficient (Wildman–Crippen LogP) is 4.18. The van der Waals surface area contributed by atoms with Crippen LogP contribution in [0, 0.1) is 13.8 Å². The van der Waals surface area contributed by atoms with Crippen LogP contribution in [0.3, 0.4) is 0 Å². The van der Waals surface area contributed by atoms with Crippen LogP contribution in [-0.2, 0) is 24.4 Å². The summed E-state index contributed by atoms with van der Waals surface area (Å²) in [6, 6.07) is 16.4. The zero-order chi connectivity index (χ0) is 23.7. The maximum absolute atomic E-state index is 13.6. The van der Waals surface area contributed by atoms with E-state index in [4.69, 9.17) is 4.74 Å². The van der Waals surface area contributed by atoms with Crippen LogP contribution in [0.2, 0.25) is 0 Å². The Morgan fingerprint density at radius 1 is 0.939 bits per heavy atom. The van der Waals surface area contributed by atoms with E-state index < -0.39 is 11.6 Å². The Morgan fingerprint density at radius 2 is 1.61 bits per heavy atom. The smallest absolute Gasteiger partial charge is 0.331 e. The second-order valence-electron chi connectivity index (χ2n) is 9.79. The summed E-state index contributed by atoms with van der Waals surface area (Å²) in [5.74, 6) is 0. The van der Waals surface area contributed by atoms with E-state index in [2.05, 4.69) is 43.5 Å². The molecule has 4 aromatic rings. The number of ether oxygens (including phenoxy) is 1. The molecule has 1 atom stereocenters. The SMILES string of the molecule is Cc1cccc(-c2c3c(=O)n(C)c(=O)n(C)c3c3n2C(C)(C)COC3c2cccc(C)c2)c1. The van der Waals surface area contributed by atoms with Gasteiger partial charge in [-0.2, -0.15) is 0 Å². The van der Waals surface area contributed by atoms with E-state index in [1.54, 1.807) is 18.7 Å². The molecule has 33 heavy (non-hydrogen) atoms. The largest absolute Gasteiger partial charge is 0.365 e. The zero-order valence-electron chi connectivity index (χ0n) is 20.0. The summed E-state index contributed by atoms with van der Waals surface area (Å²) in [6.45, 7) is 8.81. The molecule has 0 bridgehead atoms. The first-order valence-electron chi connectivity index (χ1n) is 11.2. The van der Waals surface area contributed by atoms with Crippen molar-refractivity contribution in [3.05, 3.63) is 91.8 Å². The fourth-order valence-corrected chi connectivity index (χ4v) is 5.15. The van der Waals surface area contributed by atoms with E-state index >= 15 is 0 Å². The molecule has 1 unspecified atom stereocenters. The molecule has 1 aliphatic rings. The zero-order valence-corrected chi connectivity index (χ0v) is 20.0. The molecule has 6 nitrogen and oxygen atoms in total. The molecule has 0 saturated carbocycles. The molecule has 0 amide bonds. The minimum atomic E-state index is -0.422. The first-order valence-corrected chi connectivity index (χ1v) is 11.2. The highest BCUT2D eigenvalue weighted by Crippen LogP contribution is 2.45. The molecule has 0 radical (unpaired) electrons. The van der Waals surface area contributed by atoms with Crippen LogP contribution in [0.25, 0.3) is 22.2 Å². The Kier molecular flexibility index (Phi) is 4.76. The lowest BCUT2D eigenvalue weighted by Crippen LogP contribution is -2.40. The molecule has 2 aromatic carbocycles. The topological polar surface area (TPSA) is 58.2 Å². The number of benzene rings is 2. The number of fused-ring (bicyclic) bond motifs is 3. The average molecular weight is 444 g/mol. The highest BCUT2D eigenvalue weighted by atomic mass is 16.5. The van der Waals surface area contributed by atoms with Crippen molar-refractivity contribution in [1.29, 1.82) is 0 Å². The van der Waals surface area contributed by atoms with Crippen molar-refractivity contribution in [2.75, 3.05) is 6.61 Å². The van der Waals surface area contributed by atoms with Gasteiger partial charge in [0.1, 0.15) is 6.10 Å². The van der Waals surface area contributed by atoms with Crippen LogP contribution < -0.4 is 11.2 Å². The summed E-state index contributed by atoms with van der Waals surface area (Å²) >= 11 is 0. The fourth-order valence-electron chi connectivity index (χ4n) is 5.15. The number of hydrogen-bond acceptors (Lipinski definition) is 3. The third kappa shape index (κ3) is 3.12. The monoisotopic (exact) mass is 443 g/mol. The molecule has 3 heterocycles. The van der Waals surface area contributed by atoms with E-state index in [9.17, 15) is 9.59 Å². The molecule has 0 aliphatic carbocycles. The Labute approximate surface area is 192 Å². The lowest BCUT2D eigenvalue weighted by atomic mass is 9.97. The van der Waals surface area contributed by atoms with Gasteiger partial charge in [0.15, 0.2) is 0 Å². The third-order valence-electron chi connectivity index (χ3n) is 6.70. The van der Waals surface area contributed by atoms with Gasteiger partial charge in [-0.15, -0.1) is 0 Å². The molecule has 1 aliphatic heterocycles. The van der Waals surface area contributed by atoms with Crippen LogP contribution in [0.15, 0.2) is 58.1 Å². The van der Waals surface area contributed by atoms with Gasteiger partial charge in [-0.3, -0.25) is 13.9 Å². The van der Waals surface area contributed by atoms with Crippen LogP contribution in [0.4, 0.5) is 0 Å². The quantitative estimate of drug-likeness (QED) is 0.467. The van der Waals surface area contributed by atoms with E-state index in [1.807, 2.05) is 37.3 Å². The van der Waals surface area contributed by atoms with Gasteiger partial charge in [0.2, 0.25) is 0 Å². The van der Waals surface area contributed by atoms with Gasteiger partial charge >= 0.3 is 5.69 Å². The van der Waals surface area contributed by atoms with Gasteiger partial charge in [-0.05, 0) is 44.9 Å². The number of nitrogens with zero attached hydrogens (tertiary/aromatic N) is 3. The first-order chi connectivity index (χ1) is 15.6. The minimum absolute atomic E-state index is 0.287. The molecule has 5 rings (SSSR count). The molecule has 170 valence electrons. The van der Waals surface area contributed by atoms with E-state index in [0.29, 0.717) is 17.5 Å². The van der Waals surface area contributed by atoms with Crippen molar-refractivity contribution in [3.63, 3.8) is 0 Å². The molecular weight excluding hydrogens is 414 g/mol. The first kappa shape index (κ1) is 21.5. The maximum atomic E-state index is 13.6. The molecule has 2 aromatic heterocycles. The lowest BCUT2D eigenvalue weighted by molar-refractivity contribution is -0.00709. The third-order valence-corrected chi connectivity index (χ3v) is 6.70. The molecule has 0 spiro atoms. The lowest BCUT2D eigenvalue weighted by Gasteiger charge is -2.39. The molecule has 6 heteroatoms. The average Bonchev–Trinajstić information content (AvgIpc) is 3.14. The molecular formula is C27H29N3O3. The molecule has 0 saturated heterocycles. The van der Waals surface area contributed by atoms with Crippen molar-refractivity contribution >= 4 is 10.9 Å². The van der Waals surface area contributed by atoms with Crippen LogP contribution in [0.5, 0.6) is 0 Å². The van der Waals surface area contributed by atoms with Crippen molar-refractivity contribution in [2.24, 2.45) is 14.1 Å². The van der Waals surface area contributed by atoms with Crippen LogP contribution in [-0.4, -0.2) is 20.3 Å². The summed E-state index contributed by atoms with van der Waals surface area (Å²) in [4.78, 5) is 26.6. The van der Waals surface area contributed by atoms with Crippen molar-refractivity contribution < 1.29 is 4.74 Å². The van der Waals surface area contributed by atoms with E-state index in [-0.39, 0.29) is 11.2 Å². The summed E-state index contributed by atoms with van der Waals surface area (Å²) in [7, 11) is 3.28. The second-order valence-corrected chi connectivity index (χ2v) is 9.79. The normalized spacial score (nSPS) is 17.3. The highest BCUT2D eigenvalue weighted by Gasteiger charge is 2.40. The second kappa shape index (κ2) is 7.32. The van der Waals surface area contributed by atoms with Gasteiger partial charge in [-0.25, -0.2) is 4.79 Å². The van der Waals surface area contributed by atoms with Crippen molar-refractivity contribution in [1.82, 2.24) is 13.7 Å². The van der Waals surface area contributed by atoms with Crippen molar-refractivity contribution in [2.45, 2.75) is 39.3 Å². The Morgan fingerprint density at radius 3 is 2.27 bits per heavy atom. The van der Waals surface area contributed by atoms with Crippen molar-refractivity contribution in [3.8, 4) is 11.3 Å².